The molecule has 2 nitrogen and oxygen atoms in total. The monoisotopic (exact) mass is 528 g/mol. The summed E-state index contributed by atoms with van der Waals surface area (Å²) in [7, 11) is 0. The van der Waals surface area contributed by atoms with Gasteiger partial charge in [-0.05, 0) is 95.2 Å². The van der Waals surface area contributed by atoms with Crippen molar-refractivity contribution in [3.63, 3.8) is 0 Å². The van der Waals surface area contributed by atoms with Crippen LogP contribution in [0.4, 0.5) is 0 Å². The topological polar surface area (TPSA) is 26.3 Å². The molecule has 0 aromatic rings. The van der Waals surface area contributed by atoms with Crippen molar-refractivity contribution < 1.29 is 8.95 Å². The summed E-state index contributed by atoms with van der Waals surface area (Å²) >= 11 is 5.22. The van der Waals surface area contributed by atoms with Crippen molar-refractivity contribution in [3.8, 4) is 0 Å². The molecule has 2 fully saturated rings. The molecule has 0 spiro atoms. The molecular formula is C25H37IO2S. The van der Waals surface area contributed by atoms with Crippen molar-refractivity contribution in [2.45, 2.75) is 78.7 Å². The van der Waals surface area contributed by atoms with Crippen LogP contribution in [-0.2, 0) is 17.3 Å². The number of hydrogen-bond acceptors (Lipinski definition) is 3. The fraction of sp³-hybridized carbons (Fsp3) is 0.760. The lowest BCUT2D eigenvalue weighted by Gasteiger charge is -2.44. The molecular weight excluding hydrogens is 491 g/mol. The third kappa shape index (κ3) is 4.59. The molecule has 0 N–H and O–H groups in total. The zero-order valence-electron chi connectivity index (χ0n) is 18.5. The molecule has 7 atom stereocenters. The normalized spacial score (nSPS) is 41.8. The first-order chi connectivity index (χ1) is 13.9. The highest BCUT2D eigenvalue weighted by Gasteiger charge is 2.50. The van der Waals surface area contributed by atoms with Gasteiger partial charge in [-0.2, -0.15) is 4.21 Å². The minimum absolute atomic E-state index is 0.285. The Bertz CT molecular complexity index is 684. The smallest absolute Gasteiger partial charge is 0.197 e. The standard InChI is InChI=1S/C25H37IO.OS/c1-16-12-18(3)21-15-27-24(20(21)13-16)14-19-6-5-10-25(4)22(7-8-23(19)25)17(2)9-11-26;1-2/h9,11,14,16-18,22-24H,5-8,10,12-13,15H2,1-4H3;/b11-9+,19-14+;/t16-,17+,18-,22?,23-,24?,25+;/m0./s1. The summed E-state index contributed by atoms with van der Waals surface area (Å²) < 4.78 is 16.4. The van der Waals surface area contributed by atoms with Gasteiger partial charge in [0.2, 0.25) is 0 Å². The van der Waals surface area contributed by atoms with E-state index in [4.69, 9.17) is 8.95 Å². The number of fused-ring (bicyclic) bond motifs is 1. The van der Waals surface area contributed by atoms with Crippen molar-refractivity contribution in [3.05, 3.63) is 33.0 Å². The van der Waals surface area contributed by atoms with E-state index in [0.29, 0.717) is 11.3 Å². The van der Waals surface area contributed by atoms with Gasteiger partial charge in [0.25, 0.3) is 0 Å². The molecule has 1 aliphatic heterocycles. The predicted molar refractivity (Wildman–Crippen MR) is 131 cm³/mol. The van der Waals surface area contributed by atoms with Gasteiger partial charge in [-0.25, -0.2) is 0 Å². The maximum absolute atomic E-state index is 7.83. The van der Waals surface area contributed by atoms with Crippen LogP contribution in [0.25, 0.3) is 0 Å². The summed E-state index contributed by atoms with van der Waals surface area (Å²) in [5.74, 6) is 3.86. The fourth-order valence-corrected chi connectivity index (χ4v) is 7.86. The van der Waals surface area contributed by atoms with E-state index in [1.165, 1.54) is 44.9 Å². The van der Waals surface area contributed by atoms with Gasteiger partial charge in [0.05, 0.1) is 12.7 Å². The third-order valence-corrected chi connectivity index (χ3v) is 8.92. The van der Waals surface area contributed by atoms with Crippen LogP contribution in [0.3, 0.4) is 0 Å². The van der Waals surface area contributed by atoms with Crippen LogP contribution in [0, 0.1) is 35.0 Å². The van der Waals surface area contributed by atoms with E-state index in [0.717, 1.165) is 30.3 Å². The van der Waals surface area contributed by atoms with Gasteiger partial charge in [-0.15, -0.1) is 0 Å². The number of ether oxygens (including phenoxy) is 1. The summed E-state index contributed by atoms with van der Waals surface area (Å²) in [4.78, 5) is 0. The maximum atomic E-state index is 7.83. The molecule has 3 aliphatic carbocycles. The van der Waals surface area contributed by atoms with Crippen molar-refractivity contribution in [2.24, 2.45) is 35.0 Å². The van der Waals surface area contributed by atoms with Crippen molar-refractivity contribution >= 4 is 35.1 Å². The average Bonchev–Trinajstić information content (AvgIpc) is 3.25. The first-order valence-electron chi connectivity index (χ1n) is 11.4. The van der Waals surface area contributed by atoms with E-state index in [9.17, 15) is 0 Å². The van der Waals surface area contributed by atoms with E-state index in [1.807, 2.05) is 0 Å². The van der Waals surface area contributed by atoms with Gasteiger partial charge < -0.3 is 4.74 Å². The van der Waals surface area contributed by atoms with Crippen LogP contribution in [0.1, 0.15) is 72.6 Å². The Balaban J connectivity index is 0.00000117. The van der Waals surface area contributed by atoms with Gasteiger partial charge >= 0.3 is 0 Å². The first kappa shape index (κ1) is 23.6. The number of allylic oxidation sites excluding steroid dienone is 2. The first-order valence-corrected chi connectivity index (χ1v) is 13.0. The minimum Gasteiger partial charge on any atom is -0.365 e. The number of halogens is 1. The van der Waals surface area contributed by atoms with E-state index in [2.05, 4.69) is 79.1 Å². The molecule has 4 rings (SSSR count). The molecule has 4 aliphatic rings. The van der Waals surface area contributed by atoms with Crippen LogP contribution >= 0.6 is 22.6 Å². The number of rotatable bonds is 3. The van der Waals surface area contributed by atoms with E-state index < -0.39 is 0 Å². The van der Waals surface area contributed by atoms with Crippen molar-refractivity contribution in [2.75, 3.05) is 6.61 Å². The van der Waals surface area contributed by atoms with E-state index >= 15 is 0 Å². The average molecular weight is 529 g/mol. The molecule has 29 heavy (non-hydrogen) atoms. The van der Waals surface area contributed by atoms with Crippen LogP contribution < -0.4 is 0 Å². The lowest BCUT2D eigenvalue weighted by molar-refractivity contribution is 0.108. The maximum Gasteiger partial charge on any atom is 0.197 e. The van der Waals surface area contributed by atoms with E-state index in [1.54, 1.807) is 16.7 Å². The van der Waals surface area contributed by atoms with Crippen LogP contribution in [-0.4, -0.2) is 16.9 Å². The Labute approximate surface area is 196 Å². The lowest BCUT2D eigenvalue weighted by atomic mass is 9.61. The summed E-state index contributed by atoms with van der Waals surface area (Å²) in [6, 6.07) is 0. The zero-order chi connectivity index (χ0) is 21.2. The van der Waals surface area contributed by atoms with Gasteiger partial charge in [-0.3, -0.25) is 0 Å². The lowest BCUT2D eigenvalue weighted by Crippen LogP contribution is -2.36. The number of hydrogen-bond donors (Lipinski definition) is 0. The summed E-state index contributed by atoms with van der Waals surface area (Å²) in [5, 5.41) is 0. The molecule has 1 heterocycles. The Morgan fingerprint density at radius 1 is 1.24 bits per heavy atom. The summed E-state index contributed by atoms with van der Waals surface area (Å²) in [5.41, 5.74) is 5.51. The largest absolute Gasteiger partial charge is 0.365 e. The van der Waals surface area contributed by atoms with Crippen LogP contribution in [0.5, 0.6) is 0 Å². The second-order valence-corrected chi connectivity index (χ2v) is 11.0. The fourth-order valence-electron chi connectivity index (χ4n) is 7.20. The molecule has 4 heteroatoms. The zero-order valence-corrected chi connectivity index (χ0v) is 21.4. The molecule has 2 unspecified atom stereocenters. The molecule has 2 saturated carbocycles. The molecule has 0 aromatic carbocycles. The predicted octanol–water partition coefficient (Wildman–Crippen LogP) is 7.14. The van der Waals surface area contributed by atoms with E-state index in [-0.39, 0.29) is 6.10 Å². The molecule has 162 valence electrons. The summed E-state index contributed by atoms with van der Waals surface area (Å²) in [6.45, 7) is 10.8. The van der Waals surface area contributed by atoms with Crippen LogP contribution in [0.15, 0.2) is 33.0 Å². The SMILES string of the molecule is C[C@@H]1CC2=C(COC2/C=C2\CCC[C@]3(C)C([C@H](C)/C=C/I)CC[C@@H]23)[C@@H](C)C1.O=S. The van der Waals surface area contributed by atoms with Crippen molar-refractivity contribution in [1.29, 1.82) is 0 Å². The van der Waals surface area contributed by atoms with Gasteiger partial charge in [0.15, 0.2) is 12.5 Å². The Morgan fingerprint density at radius 2 is 2.00 bits per heavy atom. The molecule has 0 bridgehead atoms. The Hall–Kier alpha value is -0.0700. The second kappa shape index (κ2) is 10.0. The minimum atomic E-state index is 0.285. The molecule has 0 amide bonds. The second-order valence-electron chi connectivity index (χ2n) is 10.2. The highest BCUT2D eigenvalue weighted by Crippen LogP contribution is 2.59. The molecule has 0 radical (unpaired) electrons. The quantitative estimate of drug-likeness (QED) is 0.288. The highest BCUT2D eigenvalue weighted by molar-refractivity contribution is 14.1. The van der Waals surface area contributed by atoms with Gasteiger partial charge in [0.1, 0.15) is 0 Å². The summed E-state index contributed by atoms with van der Waals surface area (Å²) in [6.07, 6.45) is 14.8. The van der Waals surface area contributed by atoms with Crippen molar-refractivity contribution in [1.82, 2.24) is 0 Å². The third-order valence-electron chi connectivity index (χ3n) is 8.51. The Morgan fingerprint density at radius 3 is 2.72 bits per heavy atom. The van der Waals surface area contributed by atoms with Gasteiger partial charge in [0, 0.05) is 0 Å². The highest BCUT2D eigenvalue weighted by atomic mass is 127. The van der Waals surface area contributed by atoms with Gasteiger partial charge in [-0.1, -0.05) is 68.0 Å². The molecule has 0 aromatic heterocycles. The van der Waals surface area contributed by atoms with Crippen LogP contribution in [0.2, 0.25) is 0 Å². The molecule has 0 saturated heterocycles. The Kier molecular flexibility index (Phi) is 8.16.